The number of nitrogens with zero attached hydrogens (tertiary/aromatic N) is 2. The van der Waals surface area contributed by atoms with Crippen LogP contribution in [0.15, 0.2) is 71.3 Å². The summed E-state index contributed by atoms with van der Waals surface area (Å²) in [6, 6.07) is 3.50. The molecule has 0 saturated carbocycles. The van der Waals surface area contributed by atoms with Gasteiger partial charge in [-0.15, -0.1) is 0 Å². The molecule has 26 heavy (non-hydrogen) atoms. The molecule has 0 aliphatic heterocycles. The molecule has 0 fully saturated rings. The minimum absolute atomic E-state index is 0.404. The van der Waals surface area contributed by atoms with Gasteiger partial charge in [0.1, 0.15) is 5.82 Å². The van der Waals surface area contributed by atoms with Gasteiger partial charge in [0.15, 0.2) is 0 Å². The number of allylic oxidation sites excluding steroid dienone is 5. The predicted molar refractivity (Wildman–Crippen MR) is 103 cm³/mol. The van der Waals surface area contributed by atoms with E-state index >= 15 is 0 Å². The third kappa shape index (κ3) is 3.27. The van der Waals surface area contributed by atoms with Crippen molar-refractivity contribution >= 4 is 28.3 Å². The summed E-state index contributed by atoms with van der Waals surface area (Å²) in [4.78, 5) is 16.6. The van der Waals surface area contributed by atoms with Crippen molar-refractivity contribution in [1.29, 1.82) is 0 Å². The summed E-state index contributed by atoms with van der Waals surface area (Å²) in [6.07, 6.45) is 8.83. The maximum Gasteiger partial charge on any atom is 0.338 e. The molecule has 0 saturated heterocycles. The normalized spacial score (nSPS) is 16.8. The van der Waals surface area contributed by atoms with Crippen molar-refractivity contribution in [2.24, 2.45) is 10.7 Å². The number of benzene rings is 1. The molecule has 1 aliphatic rings. The number of fused-ring (bicyclic) bond motifs is 1. The molecule has 4 N–H and O–H groups in total. The maximum absolute atomic E-state index is 12.0. The first kappa shape index (κ1) is 17.2. The van der Waals surface area contributed by atoms with E-state index in [1.807, 2.05) is 31.2 Å². The number of esters is 1. The van der Waals surface area contributed by atoms with Crippen molar-refractivity contribution in [3.8, 4) is 0 Å². The molecule has 132 valence electrons. The topological polar surface area (TPSA) is 105 Å². The van der Waals surface area contributed by atoms with Gasteiger partial charge in [0, 0.05) is 22.8 Å². The Morgan fingerprint density at radius 2 is 2.27 bits per heavy atom. The molecule has 0 atom stereocenters. The third-order valence-corrected chi connectivity index (χ3v) is 3.95. The van der Waals surface area contributed by atoms with Crippen LogP contribution in [0.2, 0.25) is 0 Å². The molecular weight excluding hydrogens is 330 g/mol. The molecule has 0 unspecified atom stereocenters. The fraction of sp³-hybridized carbons (Fsp3) is 0.105. The highest BCUT2D eigenvalue weighted by molar-refractivity contribution is 6.15. The number of rotatable bonds is 4. The Morgan fingerprint density at radius 1 is 1.46 bits per heavy atom. The average molecular weight is 349 g/mol. The number of aromatic nitrogens is 2. The number of carbonyl (C=O) groups is 1. The molecular formula is C19H19N5O2. The first-order valence-corrected chi connectivity index (χ1v) is 7.91. The number of ether oxygens (including phenoxy) is 1. The summed E-state index contributed by atoms with van der Waals surface area (Å²) >= 11 is 0. The van der Waals surface area contributed by atoms with Gasteiger partial charge < -0.3 is 15.8 Å². The van der Waals surface area contributed by atoms with Crippen molar-refractivity contribution in [3.05, 3.63) is 71.9 Å². The molecule has 3 rings (SSSR count). The van der Waals surface area contributed by atoms with E-state index in [4.69, 9.17) is 10.5 Å². The average Bonchev–Trinajstić information content (AvgIpc) is 3.10. The second kappa shape index (κ2) is 7.10. The summed E-state index contributed by atoms with van der Waals surface area (Å²) in [5.74, 6) is -0.0291. The number of aliphatic imine (C=N–C) groups is 1. The molecule has 7 nitrogen and oxygen atoms in total. The maximum atomic E-state index is 12.0. The van der Waals surface area contributed by atoms with Crippen LogP contribution in [0.5, 0.6) is 0 Å². The summed E-state index contributed by atoms with van der Waals surface area (Å²) in [5, 5.41) is 10.6. The van der Waals surface area contributed by atoms with E-state index in [9.17, 15) is 4.79 Å². The van der Waals surface area contributed by atoms with E-state index in [2.05, 4.69) is 27.1 Å². The lowest BCUT2D eigenvalue weighted by Gasteiger charge is -2.14. The molecule has 2 aromatic rings. The molecule has 1 heterocycles. The van der Waals surface area contributed by atoms with E-state index in [1.165, 1.54) is 13.3 Å². The number of methoxy groups -OCH3 is 1. The second-order valence-corrected chi connectivity index (χ2v) is 5.71. The van der Waals surface area contributed by atoms with E-state index in [0.29, 0.717) is 28.0 Å². The van der Waals surface area contributed by atoms with E-state index in [1.54, 1.807) is 12.3 Å². The van der Waals surface area contributed by atoms with Gasteiger partial charge in [0.25, 0.3) is 0 Å². The Bertz CT molecular complexity index is 1010. The fourth-order valence-electron chi connectivity index (χ4n) is 2.70. The Hall–Kier alpha value is -3.61. The van der Waals surface area contributed by atoms with Crippen LogP contribution in [-0.4, -0.2) is 29.0 Å². The standard InChI is InChI=1S/C19H19N5O2/c1-11-5-4-6-13(9-20)18(11)23-12(2)22-14-7-15(19(25)26-3)16-10-21-24-17(16)8-14/h4-10,22H,2,20H2,1,3H3,(H,21,24)/b13-9-,23-18-. The molecule has 7 heteroatoms. The van der Waals surface area contributed by atoms with Gasteiger partial charge in [-0.05, 0) is 24.6 Å². The molecule has 1 aromatic carbocycles. The Morgan fingerprint density at radius 3 is 3.00 bits per heavy atom. The van der Waals surface area contributed by atoms with Gasteiger partial charge in [-0.25, -0.2) is 9.79 Å². The summed E-state index contributed by atoms with van der Waals surface area (Å²) in [7, 11) is 1.34. The van der Waals surface area contributed by atoms with Gasteiger partial charge in [0.2, 0.25) is 0 Å². The molecule has 0 radical (unpaired) electrons. The number of H-pyrrole nitrogens is 1. The van der Waals surface area contributed by atoms with Crippen LogP contribution in [0.4, 0.5) is 5.69 Å². The van der Waals surface area contributed by atoms with E-state index < -0.39 is 5.97 Å². The van der Waals surface area contributed by atoms with Crippen LogP contribution in [0, 0.1) is 0 Å². The smallest absolute Gasteiger partial charge is 0.338 e. The van der Waals surface area contributed by atoms with Gasteiger partial charge in [-0.2, -0.15) is 5.10 Å². The van der Waals surface area contributed by atoms with Gasteiger partial charge in [0.05, 0.1) is 30.1 Å². The van der Waals surface area contributed by atoms with E-state index in [0.717, 1.165) is 16.9 Å². The Kier molecular flexibility index (Phi) is 4.70. The highest BCUT2D eigenvalue weighted by Gasteiger charge is 2.15. The zero-order valence-electron chi connectivity index (χ0n) is 14.5. The molecule has 0 amide bonds. The van der Waals surface area contributed by atoms with Crippen LogP contribution >= 0.6 is 0 Å². The number of hydrogen-bond donors (Lipinski definition) is 3. The predicted octanol–water partition coefficient (Wildman–Crippen LogP) is 3.03. The number of nitrogens with two attached hydrogens (primary N) is 1. The Labute approximate surface area is 150 Å². The zero-order valence-corrected chi connectivity index (χ0v) is 14.5. The van der Waals surface area contributed by atoms with Crippen molar-refractivity contribution < 1.29 is 9.53 Å². The zero-order chi connectivity index (χ0) is 18.7. The van der Waals surface area contributed by atoms with Crippen LogP contribution in [0.3, 0.4) is 0 Å². The van der Waals surface area contributed by atoms with Crippen LogP contribution in [-0.2, 0) is 4.74 Å². The molecule has 0 bridgehead atoms. The number of anilines is 1. The quantitative estimate of drug-likeness (QED) is 0.736. The number of aromatic amines is 1. The number of nitrogens with one attached hydrogen (secondary N) is 2. The van der Waals surface area contributed by atoms with Gasteiger partial charge >= 0.3 is 5.97 Å². The minimum Gasteiger partial charge on any atom is -0.465 e. The lowest BCUT2D eigenvalue weighted by molar-refractivity contribution is 0.0603. The highest BCUT2D eigenvalue weighted by atomic mass is 16.5. The SMILES string of the molecule is C=C(/N=C1/C(C)=CC=C/C1=C/N)Nc1cc(C(=O)OC)c2cn[nH]c2c1. The largest absolute Gasteiger partial charge is 0.465 e. The van der Waals surface area contributed by atoms with Crippen molar-refractivity contribution in [2.75, 3.05) is 12.4 Å². The van der Waals surface area contributed by atoms with Crippen LogP contribution < -0.4 is 11.1 Å². The van der Waals surface area contributed by atoms with Crippen molar-refractivity contribution in [2.45, 2.75) is 6.92 Å². The highest BCUT2D eigenvalue weighted by Crippen LogP contribution is 2.24. The lowest BCUT2D eigenvalue weighted by Crippen LogP contribution is -2.10. The summed E-state index contributed by atoms with van der Waals surface area (Å²) in [6.45, 7) is 5.90. The molecule has 1 aliphatic carbocycles. The minimum atomic E-state index is -0.443. The van der Waals surface area contributed by atoms with E-state index in [-0.39, 0.29) is 0 Å². The summed E-state index contributed by atoms with van der Waals surface area (Å²) < 4.78 is 4.84. The fourth-order valence-corrected chi connectivity index (χ4v) is 2.70. The monoisotopic (exact) mass is 349 g/mol. The molecule has 1 aromatic heterocycles. The Balaban J connectivity index is 1.92. The van der Waals surface area contributed by atoms with Crippen molar-refractivity contribution in [1.82, 2.24) is 10.2 Å². The van der Waals surface area contributed by atoms with Gasteiger partial charge in [-0.1, -0.05) is 24.8 Å². The lowest BCUT2D eigenvalue weighted by atomic mass is 9.99. The first-order chi connectivity index (χ1) is 12.5. The number of hydrogen-bond acceptors (Lipinski definition) is 6. The second-order valence-electron chi connectivity index (χ2n) is 5.71. The molecule has 0 spiro atoms. The van der Waals surface area contributed by atoms with Crippen LogP contribution in [0.1, 0.15) is 17.3 Å². The van der Waals surface area contributed by atoms with Gasteiger partial charge in [-0.3, -0.25) is 5.10 Å². The number of carbonyl (C=O) groups excluding carboxylic acids is 1. The van der Waals surface area contributed by atoms with Crippen LogP contribution in [0.25, 0.3) is 10.9 Å². The summed E-state index contributed by atoms with van der Waals surface area (Å²) in [5.41, 5.74) is 9.95. The van der Waals surface area contributed by atoms with Crippen molar-refractivity contribution in [3.63, 3.8) is 0 Å². The first-order valence-electron chi connectivity index (χ1n) is 7.91. The third-order valence-electron chi connectivity index (χ3n) is 3.95.